The van der Waals surface area contributed by atoms with E-state index in [1.54, 1.807) is 53.7 Å². The van der Waals surface area contributed by atoms with Crippen LogP contribution in [0.25, 0.3) is 0 Å². The number of hydrogen-bond acceptors (Lipinski definition) is 7. The summed E-state index contributed by atoms with van der Waals surface area (Å²) in [6.07, 6.45) is 0.0928. The minimum Gasteiger partial charge on any atom is -0.508 e. The van der Waals surface area contributed by atoms with Crippen molar-refractivity contribution in [3.63, 3.8) is 0 Å². The van der Waals surface area contributed by atoms with Crippen molar-refractivity contribution >= 4 is 23.9 Å². The van der Waals surface area contributed by atoms with Crippen LogP contribution < -0.4 is 10.6 Å². The summed E-state index contributed by atoms with van der Waals surface area (Å²) in [5, 5.41) is 15.3. The van der Waals surface area contributed by atoms with Crippen molar-refractivity contribution in [3.8, 4) is 5.75 Å². The van der Waals surface area contributed by atoms with Gasteiger partial charge in [-0.25, -0.2) is 9.59 Å². The molecule has 2 aromatic carbocycles. The van der Waals surface area contributed by atoms with Crippen molar-refractivity contribution in [2.45, 2.75) is 90.6 Å². The monoisotopic (exact) mass is 581 g/mol. The molecular formula is C32H43N3O7. The maximum Gasteiger partial charge on any atom is 0.408 e. The fourth-order valence-electron chi connectivity index (χ4n) is 4.53. The molecule has 1 saturated carbocycles. The highest BCUT2D eigenvalue weighted by molar-refractivity contribution is 5.93. The normalized spacial score (nSPS) is 17.8. The zero-order valence-corrected chi connectivity index (χ0v) is 25.5. The predicted molar refractivity (Wildman–Crippen MR) is 157 cm³/mol. The molecule has 3 amide bonds. The van der Waals surface area contributed by atoms with Crippen molar-refractivity contribution in [1.29, 1.82) is 0 Å². The number of phenols is 1. The summed E-state index contributed by atoms with van der Waals surface area (Å²) in [6, 6.07) is 12.8. The molecule has 0 aromatic heterocycles. The smallest absolute Gasteiger partial charge is 0.408 e. The molecule has 1 aliphatic rings. The van der Waals surface area contributed by atoms with Gasteiger partial charge in [-0.1, -0.05) is 49.4 Å². The number of amides is 3. The number of carbonyl (C=O) groups excluding carboxylic acids is 4. The van der Waals surface area contributed by atoms with E-state index in [-0.39, 0.29) is 30.7 Å². The highest BCUT2D eigenvalue weighted by Gasteiger charge is 2.47. The maximum atomic E-state index is 14.1. The van der Waals surface area contributed by atoms with Gasteiger partial charge < -0.3 is 30.1 Å². The molecule has 1 aliphatic carbocycles. The van der Waals surface area contributed by atoms with E-state index in [1.165, 1.54) is 17.0 Å². The van der Waals surface area contributed by atoms with Crippen LogP contribution in [0.5, 0.6) is 5.75 Å². The average molecular weight is 582 g/mol. The standard InChI is InChI=1S/C32H43N3O7/c1-20-17-25(20)35(26(37)19-33-30(40)42-32(5,6)7)27(22-13-15-23(36)16-14-22)28(38)34-24(29(39)41-31(2,3)4)18-21-11-9-8-10-12-21/h8-16,20,24-25,27,36H,17-19H2,1-7H3,(H,33,40)(H,34,38). The summed E-state index contributed by atoms with van der Waals surface area (Å²) in [7, 11) is 0. The minimum atomic E-state index is -1.14. The number of nitrogens with one attached hydrogen (secondary N) is 2. The SMILES string of the molecule is CC1CC1N(C(=O)CNC(=O)OC(C)(C)C)C(C(=O)NC(Cc1ccccc1)C(=O)OC(C)(C)C)c1ccc(O)cc1. The summed E-state index contributed by atoms with van der Waals surface area (Å²) < 4.78 is 10.9. The van der Waals surface area contributed by atoms with Gasteiger partial charge in [0.25, 0.3) is 0 Å². The second-order valence-electron chi connectivity index (χ2n) is 12.7. The first kappa shape index (κ1) is 32.4. The number of nitrogens with zero attached hydrogens (tertiary/aromatic N) is 1. The molecule has 4 atom stereocenters. The van der Waals surface area contributed by atoms with Crippen molar-refractivity contribution in [1.82, 2.24) is 15.5 Å². The summed E-state index contributed by atoms with van der Waals surface area (Å²) in [5.41, 5.74) is -0.272. The van der Waals surface area contributed by atoms with Crippen LogP contribution in [0.4, 0.5) is 4.79 Å². The van der Waals surface area contributed by atoms with E-state index >= 15 is 0 Å². The third-order valence-corrected chi connectivity index (χ3v) is 6.52. The van der Waals surface area contributed by atoms with E-state index in [4.69, 9.17) is 9.47 Å². The molecule has 3 N–H and O–H groups in total. The predicted octanol–water partition coefficient (Wildman–Crippen LogP) is 4.26. The van der Waals surface area contributed by atoms with Gasteiger partial charge in [0.2, 0.25) is 11.8 Å². The van der Waals surface area contributed by atoms with Gasteiger partial charge >= 0.3 is 12.1 Å². The Bertz CT molecular complexity index is 1250. The largest absolute Gasteiger partial charge is 0.508 e. The van der Waals surface area contributed by atoms with Crippen molar-refractivity contribution in [2.75, 3.05) is 6.54 Å². The molecule has 10 nitrogen and oxygen atoms in total. The lowest BCUT2D eigenvalue weighted by molar-refractivity contribution is -0.159. The number of esters is 1. The number of aromatic hydroxyl groups is 1. The number of hydrogen-bond donors (Lipinski definition) is 3. The van der Waals surface area contributed by atoms with Gasteiger partial charge in [-0.05, 0) is 77.1 Å². The van der Waals surface area contributed by atoms with E-state index < -0.39 is 47.2 Å². The molecule has 0 saturated heterocycles. The molecule has 3 rings (SSSR count). The zero-order valence-electron chi connectivity index (χ0n) is 25.5. The molecule has 228 valence electrons. The first-order valence-electron chi connectivity index (χ1n) is 14.2. The van der Waals surface area contributed by atoms with Gasteiger partial charge in [0.15, 0.2) is 0 Å². The Balaban J connectivity index is 1.94. The molecule has 4 unspecified atom stereocenters. The summed E-state index contributed by atoms with van der Waals surface area (Å²) in [6.45, 7) is 12.0. The fraction of sp³-hybridized carbons (Fsp3) is 0.500. The van der Waals surface area contributed by atoms with E-state index in [0.29, 0.717) is 12.0 Å². The lowest BCUT2D eigenvalue weighted by atomic mass is 10.0. The second kappa shape index (κ2) is 13.3. The van der Waals surface area contributed by atoms with Crippen molar-refractivity contribution < 1.29 is 33.8 Å². The molecule has 0 bridgehead atoms. The minimum absolute atomic E-state index is 0.00197. The molecule has 1 fully saturated rings. The number of alkyl carbamates (subject to hydrolysis) is 1. The first-order valence-corrected chi connectivity index (χ1v) is 14.2. The zero-order chi connectivity index (χ0) is 31.2. The van der Waals surface area contributed by atoms with Gasteiger partial charge in [0.05, 0.1) is 0 Å². The van der Waals surface area contributed by atoms with Crippen molar-refractivity contribution in [2.24, 2.45) is 5.92 Å². The lowest BCUT2D eigenvalue weighted by Gasteiger charge is -2.33. The number of carbonyl (C=O) groups is 4. The molecule has 0 aliphatic heterocycles. The van der Waals surface area contributed by atoms with Gasteiger partial charge in [0.1, 0.15) is 35.6 Å². The fourth-order valence-corrected chi connectivity index (χ4v) is 4.53. The summed E-state index contributed by atoms with van der Waals surface area (Å²) >= 11 is 0. The van der Waals surface area contributed by atoms with Crippen LogP contribution in [-0.2, 0) is 30.3 Å². The molecule has 0 heterocycles. The van der Waals surface area contributed by atoms with Crippen LogP contribution in [0, 0.1) is 5.92 Å². The average Bonchev–Trinajstić information content (AvgIpc) is 3.60. The van der Waals surface area contributed by atoms with E-state index in [9.17, 15) is 24.3 Å². The molecule has 0 spiro atoms. The van der Waals surface area contributed by atoms with Crippen molar-refractivity contribution in [3.05, 3.63) is 65.7 Å². The van der Waals surface area contributed by atoms with Gasteiger partial charge in [-0.3, -0.25) is 9.59 Å². The van der Waals surface area contributed by atoms with E-state index in [0.717, 1.165) is 5.56 Å². The molecule has 0 radical (unpaired) electrons. The third-order valence-electron chi connectivity index (χ3n) is 6.52. The highest BCUT2D eigenvalue weighted by atomic mass is 16.6. The number of rotatable bonds is 10. The van der Waals surface area contributed by atoms with E-state index in [1.807, 2.05) is 37.3 Å². The Kier molecular flexibility index (Phi) is 10.2. The first-order chi connectivity index (χ1) is 19.5. The van der Waals surface area contributed by atoms with Crippen LogP contribution in [0.15, 0.2) is 54.6 Å². The highest BCUT2D eigenvalue weighted by Crippen LogP contribution is 2.40. The van der Waals surface area contributed by atoms with Crippen LogP contribution in [0.3, 0.4) is 0 Å². The molecule has 42 heavy (non-hydrogen) atoms. The van der Waals surface area contributed by atoms with Crippen LogP contribution in [0.1, 0.15) is 72.1 Å². The Morgan fingerprint density at radius 2 is 1.50 bits per heavy atom. The number of benzene rings is 2. The maximum absolute atomic E-state index is 14.1. The van der Waals surface area contributed by atoms with Crippen LogP contribution in [-0.4, -0.2) is 63.7 Å². The Morgan fingerprint density at radius 3 is 2.02 bits per heavy atom. The summed E-state index contributed by atoms with van der Waals surface area (Å²) in [5.74, 6) is -1.56. The Morgan fingerprint density at radius 1 is 0.929 bits per heavy atom. The van der Waals surface area contributed by atoms with Gasteiger partial charge in [-0.2, -0.15) is 0 Å². The second-order valence-corrected chi connectivity index (χ2v) is 12.7. The van der Waals surface area contributed by atoms with Crippen LogP contribution >= 0.6 is 0 Å². The molecular weight excluding hydrogens is 538 g/mol. The molecule has 10 heteroatoms. The number of ether oxygens (including phenoxy) is 2. The summed E-state index contributed by atoms with van der Waals surface area (Å²) in [4.78, 5) is 54.8. The topological polar surface area (TPSA) is 134 Å². The lowest BCUT2D eigenvalue weighted by Crippen LogP contribution is -2.53. The number of phenolic OH excluding ortho intramolecular Hbond substituents is 1. The Hall–Kier alpha value is -4.08. The quantitative estimate of drug-likeness (QED) is 0.357. The molecule has 2 aromatic rings. The van der Waals surface area contributed by atoms with Gasteiger partial charge in [-0.15, -0.1) is 0 Å². The third kappa shape index (κ3) is 9.78. The van der Waals surface area contributed by atoms with Crippen LogP contribution in [0.2, 0.25) is 0 Å². The Labute approximate surface area is 247 Å². The van der Waals surface area contributed by atoms with Gasteiger partial charge in [0, 0.05) is 12.5 Å². The van der Waals surface area contributed by atoms with E-state index in [2.05, 4.69) is 10.6 Å².